The highest BCUT2D eigenvalue weighted by Crippen LogP contribution is 2.38. The van der Waals surface area contributed by atoms with Gasteiger partial charge in [-0.3, -0.25) is 9.86 Å². The molecule has 2 aromatic carbocycles. The van der Waals surface area contributed by atoms with Crippen molar-refractivity contribution in [3.63, 3.8) is 0 Å². The minimum atomic E-state index is -3.71. The summed E-state index contributed by atoms with van der Waals surface area (Å²) in [4.78, 5) is 12.9. The van der Waals surface area contributed by atoms with Crippen LogP contribution in [0.25, 0.3) is 0 Å². The van der Waals surface area contributed by atoms with Crippen molar-refractivity contribution in [2.75, 3.05) is 5.32 Å². The Bertz CT molecular complexity index is 1010. The Hall–Kier alpha value is -2.36. The van der Waals surface area contributed by atoms with Crippen LogP contribution in [0.4, 0.5) is 19.3 Å². The lowest BCUT2D eigenvalue weighted by molar-refractivity contribution is -0.159. The van der Waals surface area contributed by atoms with Gasteiger partial charge >= 0.3 is 12.6 Å². The molecule has 31 heavy (non-hydrogen) atoms. The van der Waals surface area contributed by atoms with Gasteiger partial charge < -0.3 is 10.1 Å². The van der Waals surface area contributed by atoms with Gasteiger partial charge in [-0.25, -0.2) is 9.00 Å². The number of urea groups is 1. The van der Waals surface area contributed by atoms with E-state index in [1.165, 1.54) is 53.4 Å². The van der Waals surface area contributed by atoms with Crippen molar-refractivity contribution in [2.24, 2.45) is 5.14 Å². The molecule has 0 bridgehead atoms. The van der Waals surface area contributed by atoms with Gasteiger partial charge in [0.1, 0.15) is 0 Å². The van der Waals surface area contributed by atoms with Gasteiger partial charge in [-0.2, -0.15) is 8.78 Å². The van der Waals surface area contributed by atoms with Crippen molar-refractivity contribution in [1.29, 1.82) is 0 Å². The summed E-state index contributed by atoms with van der Waals surface area (Å²) in [6, 6.07) is 7.59. The Morgan fingerprint density at radius 3 is 2.19 bits per heavy atom. The average molecular weight is 452 g/mol. The van der Waals surface area contributed by atoms with Crippen LogP contribution in [0.15, 0.2) is 35.2 Å². The summed E-state index contributed by atoms with van der Waals surface area (Å²) in [6.45, 7) is -1.40. The number of benzene rings is 2. The molecule has 0 fully saturated rings. The fraction of sp³-hybridized carbons (Fsp3) is 0.409. The van der Waals surface area contributed by atoms with E-state index in [1.807, 2.05) is 0 Å². The molecule has 4 rings (SSSR count). The van der Waals surface area contributed by atoms with Crippen LogP contribution < -0.4 is 15.2 Å². The quantitative estimate of drug-likeness (QED) is 0.501. The van der Waals surface area contributed by atoms with Crippen LogP contribution in [-0.2, 0) is 40.7 Å². The van der Waals surface area contributed by atoms with Crippen LogP contribution in [0.1, 0.15) is 53.7 Å². The Balaban J connectivity index is 1.49. The number of rotatable bonds is 6. The molecule has 6 nitrogen and oxygen atoms in total. The van der Waals surface area contributed by atoms with Crippen LogP contribution in [0.3, 0.4) is 0 Å². The summed E-state index contributed by atoms with van der Waals surface area (Å²) in [7, 11) is -3.71. The van der Waals surface area contributed by atoms with Crippen molar-refractivity contribution in [3.8, 4) is 0 Å². The lowest BCUT2D eigenvalue weighted by atomic mass is 9.99. The summed E-state index contributed by atoms with van der Waals surface area (Å²) in [5, 5.41) is 8.87. The molecule has 2 amide bonds. The summed E-state index contributed by atoms with van der Waals surface area (Å²) < 4.78 is 44.6. The van der Waals surface area contributed by atoms with Crippen LogP contribution >= 0.6 is 0 Å². The van der Waals surface area contributed by atoms with Gasteiger partial charge in [0.2, 0.25) is 0 Å². The number of nitrogens with one attached hydrogen (secondary N) is 2. The second-order valence-electron chi connectivity index (χ2n) is 8.09. The average Bonchev–Trinajstić information content (AvgIpc) is 3.36. The molecule has 9 heteroatoms. The Kier molecular flexibility index (Phi) is 6.09. The molecule has 1 unspecified atom stereocenters. The number of carbonyl (C=O) groups excluding carboxylic acids is 1. The summed E-state index contributed by atoms with van der Waals surface area (Å²) >= 11 is 0. The summed E-state index contributed by atoms with van der Waals surface area (Å²) in [5.74, 6) is 0. The number of carbonyl (C=O) groups is 1. The van der Waals surface area contributed by atoms with Gasteiger partial charge in [-0.1, -0.05) is 18.2 Å². The predicted octanol–water partition coefficient (Wildman–Crippen LogP) is 3.95. The fourth-order valence-electron chi connectivity index (χ4n) is 4.52. The van der Waals surface area contributed by atoms with E-state index >= 15 is 0 Å². The normalized spacial score (nSPS) is 16.7. The second kappa shape index (κ2) is 8.64. The van der Waals surface area contributed by atoms with E-state index in [-0.39, 0.29) is 4.90 Å². The van der Waals surface area contributed by atoms with Crippen LogP contribution in [0.2, 0.25) is 0 Å². The number of alkyl halides is 2. The SMILES string of the molecule is CC(OC(F)F)c1ccc([SH](N)(=O)NC(=O)Nc2c3c(cc4c2CCC4)CCC3)cc1. The molecule has 0 aromatic heterocycles. The number of amides is 2. The van der Waals surface area contributed by atoms with Crippen molar-refractivity contribution in [3.05, 3.63) is 58.1 Å². The molecule has 0 spiro atoms. The summed E-state index contributed by atoms with van der Waals surface area (Å²) in [6.07, 6.45) is 5.14. The first-order chi connectivity index (χ1) is 14.7. The highest BCUT2D eigenvalue weighted by molar-refractivity contribution is 7.99. The number of hydrogen-bond acceptors (Lipinski definition) is 3. The molecule has 2 aliphatic rings. The molecule has 0 saturated carbocycles. The maximum atomic E-state index is 13.0. The smallest absolute Gasteiger partial charge is 0.315 e. The highest BCUT2D eigenvalue weighted by atomic mass is 32.3. The molecule has 2 aromatic rings. The van der Waals surface area contributed by atoms with Crippen molar-refractivity contribution < 1.29 is 22.5 Å². The topological polar surface area (TPSA) is 93.4 Å². The van der Waals surface area contributed by atoms with E-state index in [4.69, 9.17) is 5.14 Å². The Morgan fingerprint density at radius 2 is 1.65 bits per heavy atom. The maximum absolute atomic E-state index is 13.0. The number of fused-ring (bicyclic) bond motifs is 2. The zero-order valence-corrected chi connectivity index (χ0v) is 18.2. The first-order valence-corrected chi connectivity index (χ1v) is 12.2. The second-order valence-corrected chi connectivity index (χ2v) is 10.1. The molecule has 1 atom stereocenters. The van der Waals surface area contributed by atoms with Gasteiger partial charge in [0.25, 0.3) is 0 Å². The number of aryl methyl sites for hydroxylation is 2. The van der Waals surface area contributed by atoms with Crippen molar-refractivity contribution in [1.82, 2.24) is 4.72 Å². The standard InChI is InChI=1S/C22H27F2N3O3S/c1-13(30-21(23)24)14-8-10-17(11-9-14)31(25,29)27-22(28)26-20-18-6-2-4-15(18)12-16-5-3-7-19(16)20/h8-13,21,31H,2-7H2,1H3,(H4,25,26,27,28,29). The fourth-order valence-corrected chi connectivity index (χ4v) is 5.60. The molecule has 0 radical (unpaired) electrons. The molecule has 168 valence electrons. The minimum absolute atomic E-state index is 0.221. The lowest BCUT2D eigenvalue weighted by Crippen LogP contribution is -2.45. The number of halogens is 2. The minimum Gasteiger partial charge on any atom is -0.315 e. The summed E-state index contributed by atoms with van der Waals surface area (Å²) in [5.41, 5.74) is 6.22. The third kappa shape index (κ3) is 4.63. The molecular weight excluding hydrogens is 424 g/mol. The third-order valence-corrected chi connectivity index (χ3v) is 7.63. The maximum Gasteiger partial charge on any atom is 0.345 e. The third-order valence-electron chi connectivity index (χ3n) is 6.03. The first kappa shape index (κ1) is 21.9. The zero-order valence-electron chi connectivity index (χ0n) is 17.3. The predicted molar refractivity (Wildman–Crippen MR) is 117 cm³/mol. The van der Waals surface area contributed by atoms with Gasteiger partial charge in [0, 0.05) is 20.9 Å². The molecule has 0 aliphatic heterocycles. The van der Waals surface area contributed by atoms with E-state index in [1.54, 1.807) is 0 Å². The Morgan fingerprint density at radius 1 is 1.06 bits per heavy atom. The van der Waals surface area contributed by atoms with Crippen LogP contribution in [0.5, 0.6) is 0 Å². The van der Waals surface area contributed by atoms with E-state index in [0.717, 1.165) is 44.2 Å². The van der Waals surface area contributed by atoms with E-state index in [0.29, 0.717) is 5.56 Å². The first-order valence-electron chi connectivity index (χ1n) is 10.4. The van der Waals surface area contributed by atoms with Gasteiger partial charge in [-0.05, 0) is 85.4 Å². The van der Waals surface area contributed by atoms with Gasteiger partial charge in [-0.15, -0.1) is 0 Å². The number of nitrogens with two attached hydrogens (primary N) is 1. The largest absolute Gasteiger partial charge is 0.345 e. The van der Waals surface area contributed by atoms with Crippen LogP contribution in [-0.4, -0.2) is 16.9 Å². The Labute approximate surface area is 181 Å². The van der Waals surface area contributed by atoms with Crippen LogP contribution in [0, 0.1) is 0 Å². The molecule has 0 saturated heterocycles. The van der Waals surface area contributed by atoms with Crippen molar-refractivity contribution >= 4 is 22.0 Å². The lowest BCUT2D eigenvalue weighted by Gasteiger charge is -2.23. The van der Waals surface area contributed by atoms with Gasteiger partial charge in [0.05, 0.1) is 6.10 Å². The van der Waals surface area contributed by atoms with Crippen molar-refractivity contribution in [2.45, 2.75) is 63.1 Å². The van der Waals surface area contributed by atoms with E-state index in [9.17, 15) is 17.8 Å². The monoisotopic (exact) mass is 451 g/mol. The number of hydrogen-bond donors (Lipinski definition) is 4. The highest BCUT2D eigenvalue weighted by Gasteiger charge is 2.26. The number of ether oxygens (including phenoxy) is 1. The molecule has 0 heterocycles. The van der Waals surface area contributed by atoms with E-state index < -0.39 is 29.1 Å². The van der Waals surface area contributed by atoms with E-state index in [2.05, 4.69) is 20.8 Å². The molecule has 2 aliphatic carbocycles. The van der Waals surface area contributed by atoms with Gasteiger partial charge in [0.15, 0.2) is 0 Å². The molecular formula is C22H27F2N3O3S. The number of thiol groups is 1. The number of anilines is 1. The zero-order chi connectivity index (χ0) is 22.2. The molecule has 4 N–H and O–H groups in total.